The van der Waals surface area contributed by atoms with Crippen LogP contribution in [0.25, 0.3) is 0 Å². The summed E-state index contributed by atoms with van der Waals surface area (Å²) in [5, 5.41) is 0. The van der Waals surface area contributed by atoms with Gasteiger partial charge in [0.1, 0.15) is 6.61 Å². The van der Waals surface area contributed by atoms with E-state index in [1.165, 1.54) is 19.4 Å². The van der Waals surface area contributed by atoms with Crippen LogP contribution >= 0.6 is 0 Å². The van der Waals surface area contributed by atoms with Crippen molar-refractivity contribution >= 4 is 0 Å². The predicted molar refractivity (Wildman–Crippen MR) is 88.3 cm³/mol. The zero-order chi connectivity index (χ0) is 15.7. The summed E-state index contributed by atoms with van der Waals surface area (Å²) < 4.78 is 22.6. The maximum atomic E-state index is 5.87. The van der Waals surface area contributed by atoms with E-state index in [1.54, 1.807) is 0 Å². The van der Waals surface area contributed by atoms with Crippen molar-refractivity contribution < 1.29 is 18.9 Å². The Bertz CT molecular complexity index is 462. The summed E-state index contributed by atoms with van der Waals surface area (Å²) in [4.78, 5) is 2.48. The molecule has 1 aromatic rings. The molecule has 0 aromatic heterocycles. The molecule has 2 heterocycles. The van der Waals surface area contributed by atoms with Gasteiger partial charge in [-0.3, -0.25) is 4.90 Å². The highest BCUT2D eigenvalue weighted by Crippen LogP contribution is 2.30. The van der Waals surface area contributed by atoms with Crippen molar-refractivity contribution in [2.24, 2.45) is 0 Å². The highest BCUT2D eigenvalue weighted by Gasteiger charge is 2.20. The Hall–Kier alpha value is -1.30. The van der Waals surface area contributed by atoms with Crippen LogP contribution in [0.3, 0.4) is 0 Å². The minimum Gasteiger partial charge on any atom is -0.486 e. The molecule has 0 spiro atoms. The standard InChI is InChI=1S/C18H27NO4/c1(4-8-19-9-12-20-13-10-19)5-11-21-14-16-15-22-17-6-2-3-7-18(17)23-16/h2-3,6-7,16H,1,4-5,8-15H2. The molecule has 1 aromatic carbocycles. The highest BCUT2D eigenvalue weighted by molar-refractivity contribution is 5.40. The van der Waals surface area contributed by atoms with Gasteiger partial charge in [0.15, 0.2) is 17.6 Å². The minimum atomic E-state index is -0.00162. The third-order valence-electron chi connectivity index (χ3n) is 4.24. The minimum absolute atomic E-state index is 0.00162. The van der Waals surface area contributed by atoms with Gasteiger partial charge in [-0.2, -0.15) is 0 Å². The molecule has 1 unspecified atom stereocenters. The van der Waals surface area contributed by atoms with Gasteiger partial charge in [-0.15, -0.1) is 0 Å². The van der Waals surface area contributed by atoms with Crippen molar-refractivity contribution in [3.8, 4) is 11.5 Å². The van der Waals surface area contributed by atoms with E-state index in [0.29, 0.717) is 13.2 Å². The Kier molecular flexibility index (Phi) is 6.55. The SMILES string of the molecule is c1ccc2c(c1)OCC(COCCCCCN1CCOCC1)O2. The molecule has 128 valence electrons. The molecule has 2 aliphatic heterocycles. The van der Waals surface area contributed by atoms with E-state index in [1.807, 2.05) is 24.3 Å². The largest absolute Gasteiger partial charge is 0.486 e. The van der Waals surface area contributed by atoms with Gasteiger partial charge < -0.3 is 18.9 Å². The Morgan fingerprint density at radius 1 is 1.04 bits per heavy atom. The fourth-order valence-corrected chi connectivity index (χ4v) is 2.90. The van der Waals surface area contributed by atoms with E-state index >= 15 is 0 Å². The van der Waals surface area contributed by atoms with E-state index < -0.39 is 0 Å². The summed E-state index contributed by atoms with van der Waals surface area (Å²) in [6.45, 7) is 7.07. The number of nitrogens with zero attached hydrogens (tertiary/aromatic N) is 1. The van der Waals surface area contributed by atoms with Crippen molar-refractivity contribution in [3.05, 3.63) is 24.3 Å². The van der Waals surface area contributed by atoms with Gasteiger partial charge in [0, 0.05) is 19.7 Å². The fourth-order valence-electron chi connectivity index (χ4n) is 2.90. The van der Waals surface area contributed by atoms with Crippen LogP contribution in [0.2, 0.25) is 0 Å². The molecule has 1 fully saturated rings. The molecule has 0 bridgehead atoms. The third kappa shape index (κ3) is 5.37. The highest BCUT2D eigenvalue weighted by atomic mass is 16.6. The van der Waals surface area contributed by atoms with Crippen LogP contribution in [0.15, 0.2) is 24.3 Å². The molecule has 1 atom stereocenters. The lowest BCUT2D eigenvalue weighted by Gasteiger charge is -2.26. The van der Waals surface area contributed by atoms with Gasteiger partial charge in [0.05, 0.1) is 19.8 Å². The summed E-state index contributed by atoms with van der Waals surface area (Å²) in [7, 11) is 0. The van der Waals surface area contributed by atoms with E-state index in [9.17, 15) is 0 Å². The molecule has 23 heavy (non-hydrogen) atoms. The van der Waals surface area contributed by atoms with Crippen LogP contribution < -0.4 is 9.47 Å². The van der Waals surface area contributed by atoms with Gasteiger partial charge in [0.2, 0.25) is 0 Å². The summed E-state index contributed by atoms with van der Waals surface area (Å²) in [5.74, 6) is 1.64. The lowest BCUT2D eigenvalue weighted by Crippen LogP contribution is -2.36. The monoisotopic (exact) mass is 321 g/mol. The first-order valence-corrected chi connectivity index (χ1v) is 8.68. The summed E-state index contributed by atoms with van der Waals surface area (Å²) in [5.41, 5.74) is 0. The molecule has 5 heteroatoms. The first-order chi connectivity index (χ1) is 11.4. The zero-order valence-corrected chi connectivity index (χ0v) is 13.7. The molecule has 0 N–H and O–H groups in total. The molecule has 3 rings (SSSR count). The molecule has 0 radical (unpaired) electrons. The Balaban J connectivity index is 1.21. The van der Waals surface area contributed by atoms with Crippen molar-refractivity contribution in [1.82, 2.24) is 4.90 Å². The van der Waals surface area contributed by atoms with Crippen LogP contribution in [0.5, 0.6) is 11.5 Å². The number of fused-ring (bicyclic) bond motifs is 1. The molecule has 0 amide bonds. The van der Waals surface area contributed by atoms with Crippen molar-refractivity contribution in [2.75, 3.05) is 52.7 Å². The van der Waals surface area contributed by atoms with Crippen LogP contribution in [0.4, 0.5) is 0 Å². The molecule has 5 nitrogen and oxygen atoms in total. The van der Waals surface area contributed by atoms with E-state index in [2.05, 4.69) is 4.90 Å². The smallest absolute Gasteiger partial charge is 0.161 e. The van der Waals surface area contributed by atoms with Crippen LogP contribution in [-0.2, 0) is 9.47 Å². The Morgan fingerprint density at radius 2 is 1.87 bits per heavy atom. The number of hydrogen-bond acceptors (Lipinski definition) is 5. The Morgan fingerprint density at radius 3 is 2.74 bits per heavy atom. The average molecular weight is 321 g/mol. The van der Waals surface area contributed by atoms with E-state index in [4.69, 9.17) is 18.9 Å². The van der Waals surface area contributed by atoms with Crippen molar-refractivity contribution in [3.63, 3.8) is 0 Å². The fraction of sp³-hybridized carbons (Fsp3) is 0.667. The quantitative estimate of drug-likeness (QED) is 0.687. The summed E-state index contributed by atoms with van der Waals surface area (Å²) in [6, 6.07) is 7.78. The van der Waals surface area contributed by atoms with Gasteiger partial charge in [-0.25, -0.2) is 0 Å². The molecule has 0 aliphatic carbocycles. The lowest BCUT2D eigenvalue weighted by atomic mass is 10.2. The topological polar surface area (TPSA) is 40.2 Å². The van der Waals surface area contributed by atoms with E-state index in [-0.39, 0.29) is 6.10 Å². The zero-order valence-electron chi connectivity index (χ0n) is 13.7. The number of benzene rings is 1. The second-order valence-corrected chi connectivity index (χ2v) is 6.09. The molecule has 1 saturated heterocycles. The van der Waals surface area contributed by atoms with Crippen LogP contribution in [-0.4, -0.2) is 63.7 Å². The average Bonchev–Trinajstić information content (AvgIpc) is 2.61. The number of hydrogen-bond donors (Lipinski definition) is 0. The Labute approximate surface area is 138 Å². The molecule has 0 saturated carbocycles. The first-order valence-electron chi connectivity index (χ1n) is 8.68. The van der Waals surface area contributed by atoms with Gasteiger partial charge in [-0.05, 0) is 37.9 Å². The van der Waals surface area contributed by atoms with E-state index in [0.717, 1.165) is 50.8 Å². The molecular weight excluding hydrogens is 294 g/mol. The maximum Gasteiger partial charge on any atom is 0.161 e. The normalized spacial score (nSPS) is 21.3. The second-order valence-electron chi connectivity index (χ2n) is 6.09. The number of ether oxygens (including phenoxy) is 4. The lowest BCUT2D eigenvalue weighted by molar-refractivity contribution is 0.00730. The number of rotatable bonds is 8. The van der Waals surface area contributed by atoms with Crippen molar-refractivity contribution in [2.45, 2.75) is 25.4 Å². The van der Waals surface area contributed by atoms with Gasteiger partial charge >= 0.3 is 0 Å². The number of unbranched alkanes of at least 4 members (excludes halogenated alkanes) is 2. The van der Waals surface area contributed by atoms with Crippen molar-refractivity contribution in [1.29, 1.82) is 0 Å². The predicted octanol–water partition coefficient (Wildman–Crippen LogP) is 2.35. The van der Waals surface area contributed by atoms with Gasteiger partial charge in [-0.1, -0.05) is 12.1 Å². The molecular formula is C18H27NO4. The number of morpholine rings is 1. The third-order valence-corrected chi connectivity index (χ3v) is 4.24. The molecule has 2 aliphatic rings. The second kappa shape index (κ2) is 9.11. The van der Waals surface area contributed by atoms with Crippen LogP contribution in [0, 0.1) is 0 Å². The van der Waals surface area contributed by atoms with Crippen LogP contribution in [0.1, 0.15) is 19.3 Å². The summed E-state index contributed by atoms with van der Waals surface area (Å²) in [6.07, 6.45) is 3.55. The number of para-hydroxylation sites is 2. The first kappa shape index (κ1) is 16.6. The van der Waals surface area contributed by atoms with Gasteiger partial charge in [0.25, 0.3) is 0 Å². The maximum absolute atomic E-state index is 5.87. The summed E-state index contributed by atoms with van der Waals surface area (Å²) >= 11 is 0.